The molecule has 3 nitrogen and oxygen atoms in total. The summed E-state index contributed by atoms with van der Waals surface area (Å²) >= 11 is 0. The third-order valence-electron chi connectivity index (χ3n) is 5.18. The molecule has 2 N–H and O–H groups in total. The van der Waals surface area contributed by atoms with Crippen LogP contribution in [-0.4, -0.2) is 24.0 Å². The zero-order valence-electron chi connectivity index (χ0n) is 10.8. The van der Waals surface area contributed by atoms with E-state index in [1.807, 2.05) is 0 Å². The molecule has 2 aliphatic carbocycles. The van der Waals surface area contributed by atoms with E-state index in [9.17, 15) is 4.79 Å². The van der Waals surface area contributed by atoms with E-state index in [2.05, 4.69) is 17.6 Å². The third kappa shape index (κ3) is 2.10. The number of carbonyl (C=O) groups excluding carboxylic acids is 1. The van der Waals surface area contributed by atoms with Gasteiger partial charge >= 0.3 is 0 Å². The highest BCUT2D eigenvalue weighted by atomic mass is 16.2. The predicted octanol–water partition coefficient (Wildman–Crippen LogP) is 1.82. The van der Waals surface area contributed by atoms with E-state index in [1.54, 1.807) is 0 Å². The quantitative estimate of drug-likeness (QED) is 0.673. The zero-order chi connectivity index (χ0) is 11.9. The Morgan fingerprint density at radius 3 is 2.71 bits per heavy atom. The van der Waals surface area contributed by atoms with Crippen LogP contribution in [0.3, 0.4) is 0 Å². The van der Waals surface area contributed by atoms with Gasteiger partial charge in [-0.05, 0) is 44.4 Å². The van der Waals surface area contributed by atoms with Crippen LogP contribution in [0.5, 0.6) is 0 Å². The summed E-state index contributed by atoms with van der Waals surface area (Å²) in [6, 6.07) is 0.450. The van der Waals surface area contributed by atoms with Gasteiger partial charge in [-0.3, -0.25) is 4.79 Å². The molecule has 1 aliphatic heterocycles. The van der Waals surface area contributed by atoms with E-state index in [1.165, 1.54) is 38.5 Å². The second-order valence-electron chi connectivity index (χ2n) is 6.47. The molecule has 0 aromatic rings. The fourth-order valence-corrected chi connectivity index (χ4v) is 3.91. The number of fused-ring (bicyclic) bond motifs is 1. The van der Waals surface area contributed by atoms with E-state index in [0.717, 1.165) is 18.9 Å². The Kier molecular flexibility index (Phi) is 2.89. The van der Waals surface area contributed by atoms with Gasteiger partial charge in [0.25, 0.3) is 0 Å². The lowest BCUT2D eigenvalue weighted by Crippen LogP contribution is -2.55. The average Bonchev–Trinajstić information content (AvgIpc) is 2.73. The first-order chi connectivity index (χ1) is 8.19. The van der Waals surface area contributed by atoms with Crippen LogP contribution in [0.4, 0.5) is 0 Å². The molecular weight excluding hydrogens is 212 g/mol. The summed E-state index contributed by atoms with van der Waals surface area (Å²) in [6.07, 6.45) is 8.56. The first-order valence-corrected chi connectivity index (χ1v) is 7.24. The molecule has 2 saturated carbocycles. The minimum absolute atomic E-state index is 0.214. The molecule has 0 aromatic heterocycles. The summed E-state index contributed by atoms with van der Waals surface area (Å²) in [5.74, 6) is 1.41. The number of rotatable bonds is 0. The van der Waals surface area contributed by atoms with Crippen molar-refractivity contribution in [3.05, 3.63) is 0 Å². The highest BCUT2D eigenvalue weighted by molar-refractivity contribution is 5.80. The fourth-order valence-electron chi connectivity index (χ4n) is 3.91. The molecule has 1 heterocycles. The lowest BCUT2D eigenvalue weighted by molar-refractivity contribution is -0.124. The van der Waals surface area contributed by atoms with Gasteiger partial charge in [0.1, 0.15) is 0 Å². The van der Waals surface area contributed by atoms with Crippen molar-refractivity contribution in [3.8, 4) is 0 Å². The Morgan fingerprint density at radius 2 is 1.94 bits per heavy atom. The maximum absolute atomic E-state index is 12.0. The van der Waals surface area contributed by atoms with E-state index in [4.69, 9.17) is 0 Å². The lowest BCUT2D eigenvalue weighted by Gasteiger charge is -2.41. The van der Waals surface area contributed by atoms with Crippen LogP contribution >= 0.6 is 0 Å². The van der Waals surface area contributed by atoms with Gasteiger partial charge in [-0.15, -0.1) is 0 Å². The highest BCUT2D eigenvalue weighted by Gasteiger charge is 2.44. The Morgan fingerprint density at radius 1 is 1.18 bits per heavy atom. The lowest BCUT2D eigenvalue weighted by atomic mass is 9.76. The van der Waals surface area contributed by atoms with Gasteiger partial charge in [0.15, 0.2) is 0 Å². The van der Waals surface area contributed by atoms with Crippen molar-refractivity contribution in [2.45, 2.75) is 63.5 Å². The molecule has 0 radical (unpaired) electrons. The predicted molar refractivity (Wildman–Crippen MR) is 67.6 cm³/mol. The normalized spacial score (nSPS) is 46.4. The number of nitrogens with one attached hydrogen (secondary N) is 2. The SMILES string of the molecule is CC1CCC2(CC1)CNC(=O)C1CCCC1N2. The topological polar surface area (TPSA) is 41.1 Å². The van der Waals surface area contributed by atoms with Gasteiger partial charge < -0.3 is 10.6 Å². The molecule has 17 heavy (non-hydrogen) atoms. The van der Waals surface area contributed by atoms with Gasteiger partial charge in [-0.1, -0.05) is 13.3 Å². The minimum atomic E-state index is 0.214. The van der Waals surface area contributed by atoms with Crippen LogP contribution in [0.1, 0.15) is 51.9 Å². The monoisotopic (exact) mass is 236 g/mol. The third-order valence-corrected chi connectivity index (χ3v) is 5.18. The summed E-state index contributed by atoms with van der Waals surface area (Å²) in [7, 11) is 0. The molecule has 1 spiro atoms. The Labute approximate surface area is 104 Å². The van der Waals surface area contributed by atoms with Gasteiger partial charge in [-0.25, -0.2) is 0 Å². The molecule has 2 atom stereocenters. The molecule has 2 unspecified atom stereocenters. The number of amides is 1. The molecule has 3 fully saturated rings. The standard InChI is InChI=1S/C14H24N2O/c1-10-5-7-14(8-6-10)9-15-13(17)11-3-2-4-12(11)16-14/h10-12,16H,2-9H2,1H3,(H,15,17). The average molecular weight is 236 g/mol. The van der Waals surface area contributed by atoms with E-state index in [-0.39, 0.29) is 11.5 Å². The second-order valence-corrected chi connectivity index (χ2v) is 6.47. The molecule has 1 amide bonds. The first-order valence-electron chi connectivity index (χ1n) is 7.24. The van der Waals surface area contributed by atoms with Crippen molar-refractivity contribution in [1.29, 1.82) is 0 Å². The summed E-state index contributed by atoms with van der Waals surface area (Å²) in [6.45, 7) is 3.20. The number of hydrogen-bond acceptors (Lipinski definition) is 2. The Hall–Kier alpha value is -0.570. The van der Waals surface area contributed by atoms with Gasteiger partial charge in [-0.2, -0.15) is 0 Å². The van der Waals surface area contributed by atoms with Crippen molar-refractivity contribution in [2.24, 2.45) is 11.8 Å². The zero-order valence-corrected chi connectivity index (χ0v) is 10.8. The highest BCUT2D eigenvalue weighted by Crippen LogP contribution is 2.36. The molecule has 96 valence electrons. The molecular formula is C14H24N2O. The smallest absolute Gasteiger partial charge is 0.224 e. The van der Waals surface area contributed by atoms with Crippen molar-refractivity contribution < 1.29 is 4.79 Å². The van der Waals surface area contributed by atoms with Crippen LogP contribution in [0.15, 0.2) is 0 Å². The molecule has 0 aromatic carbocycles. The van der Waals surface area contributed by atoms with Crippen LogP contribution in [0.2, 0.25) is 0 Å². The minimum Gasteiger partial charge on any atom is -0.354 e. The molecule has 0 bridgehead atoms. The van der Waals surface area contributed by atoms with Crippen LogP contribution in [0.25, 0.3) is 0 Å². The molecule has 3 aliphatic rings. The van der Waals surface area contributed by atoms with Crippen LogP contribution in [-0.2, 0) is 4.79 Å². The van der Waals surface area contributed by atoms with Crippen molar-refractivity contribution in [3.63, 3.8) is 0 Å². The number of hydrogen-bond donors (Lipinski definition) is 2. The van der Waals surface area contributed by atoms with Crippen LogP contribution < -0.4 is 10.6 Å². The first kappa shape index (κ1) is 11.5. The van der Waals surface area contributed by atoms with Gasteiger partial charge in [0.05, 0.1) is 5.92 Å². The Bertz CT molecular complexity index is 307. The number of carbonyl (C=O) groups is 1. The summed E-state index contributed by atoms with van der Waals surface area (Å²) < 4.78 is 0. The Balaban J connectivity index is 1.76. The summed E-state index contributed by atoms with van der Waals surface area (Å²) in [5.41, 5.74) is 0.214. The van der Waals surface area contributed by atoms with Crippen LogP contribution in [0, 0.1) is 11.8 Å². The van der Waals surface area contributed by atoms with Crippen molar-refractivity contribution in [2.75, 3.05) is 6.54 Å². The van der Waals surface area contributed by atoms with Crippen molar-refractivity contribution >= 4 is 5.91 Å². The van der Waals surface area contributed by atoms with Crippen molar-refractivity contribution in [1.82, 2.24) is 10.6 Å². The summed E-state index contributed by atoms with van der Waals surface area (Å²) in [5, 5.41) is 7.05. The van der Waals surface area contributed by atoms with Gasteiger partial charge in [0, 0.05) is 18.1 Å². The molecule has 3 rings (SSSR count). The second kappa shape index (κ2) is 4.27. The van der Waals surface area contributed by atoms with E-state index in [0.29, 0.717) is 11.9 Å². The van der Waals surface area contributed by atoms with E-state index < -0.39 is 0 Å². The largest absolute Gasteiger partial charge is 0.354 e. The maximum Gasteiger partial charge on any atom is 0.224 e. The fraction of sp³-hybridized carbons (Fsp3) is 0.929. The summed E-state index contributed by atoms with van der Waals surface area (Å²) in [4.78, 5) is 12.0. The molecule has 1 saturated heterocycles. The maximum atomic E-state index is 12.0. The van der Waals surface area contributed by atoms with Gasteiger partial charge in [0.2, 0.25) is 5.91 Å². The molecule has 3 heteroatoms. The van der Waals surface area contributed by atoms with E-state index >= 15 is 0 Å².